The number of hydrogen-bond donors (Lipinski definition) is 0. The fourth-order valence-corrected chi connectivity index (χ4v) is 0.875. The summed E-state index contributed by atoms with van der Waals surface area (Å²) in [5, 5.41) is 9.34. The quantitative estimate of drug-likeness (QED) is 0.339. The fourth-order valence-electron chi connectivity index (χ4n) is 0.875. The largest absolute Gasteiger partial charge is 0.539 e. The molecule has 0 aliphatic heterocycles. The molecule has 94 valence electrons. The molecule has 0 unspecified atom stereocenters. The molecule has 17 heavy (non-hydrogen) atoms. The highest BCUT2D eigenvalue weighted by Crippen LogP contribution is 2.04. The molecule has 0 aromatic carbocycles. The van der Waals surface area contributed by atoms with E-state index in [1.807, 2.05) is 38.1 Å². The Morgan fingerprint density at radius 1 is 1.29 bits per heavy atom. The van der Waals surface area contributed by atoms with Gasteiger partial charge in [-0.25, -0.2) is 9.36 Å². The second kappa shape index (κ2) is 7.21. The second-order valence-corrected chi connectivity index (χ2v) is 3.40. The van der Waals surface area contributed by atoms with Gasteiger partial charge in [-0.15, -0.1) is 0 Å². The van der Waals surface area contributed by atoms with E-state index in [1.165, 1.54) is 5.69 Å². The molecule has 0 bridgehead atoms. The topological polar surface area (TPSA) is 73.5 Å². The molecule has 0 atom stereocenters. The van der Waals surface area contributed by atoms with Gasteiger partial charge in [0.05, 0.1) is 7.11 Å². The minimum Gasteiger partial charge on any atom is -0.539 e. The summed E-state index contributed by atoms with van der Waals surface area (Å²) in [7, 11) is 7.06. The number of methoxy groups -OCH3 is 1. The van der Waals surface area contributed by atoms with Crippen LogP contribution in [0.4, 0.5) is 5.69 Å². The maximum absolute atomic E-state index is 9.63. The Bertz CT molecular complexity index is 374. The molecule has 0 aliphatic carbocycles. The number of aromatic nitrogens is 1. The van der Waals surface area contributed by atoms with Gasteiger partial charge >= 0.3 is 5.97 Å². The van der Waals surface area contributed by atoms with Crippen molar-refractivity contribution in [3.63, 3.8) is 0 Å². The molecule has 0 saturated carbocycles. The van der Waals surface area contributed by atoms with Gasteiger partial charge < -0.3 is 19.5 Å². The van der Waals surface area contributed by atoms with Crippen LogP contribution in [0.3, 0.4) is 0 Å². The Kier molecular flexibility index (Phi) is 6.32. The van der Waals surface area contributed by atoms with E-state index in [1.54, 1.807) is 0 Å². The Morgan fingerprint density at radius 2 is 1.76 bits per heavy atom. The van der Waals surface area contributed by atoms with Crippen LogP contribution in [0.2, 0.25) is 0 Å². The van der Waals surface area contributed by atoms with Crippen molar-refractivity contribution in [3.05, 3.63) is 24.5 Å². The van der Waals surface area contributed by atoms with Crippen LogP contribution in [0, 0.1) is 0 Å². The van der Waals surface area contributed by atoms with E-state index in [0.29, 0.717) is 0 Å². The van der Waals surface area contributed by atoms with Gasteiger partial charge in [0, 0.05) is 31.9 Å². The van der Waals surface area contributed by atoms with Crippen LogP contribution in [-0.2, 0) is 21.4 Å². The lowest BCUT2D eigenvalue weighted by molar-refractivity contribution is -0.671. The van der Waals surface area contributed by atoms with E-state index in [4.69, 9.17) is 0 Å². The number of esters is 1. The number of ether oxygens (including phenoxy) is 1. The van der Waals surface area contributed by atoms with Crippen molar-refractivity contribution in [2.24, 2.45) is 7.05 Å². The lowest BCUT2D eigenvalue weighted by Gasteiger charge is -2.09. The zero-order valence-corrected chi connectivity index (χ0v) is 10.3. The van der Waals surface area contributed by atoms with Crippen LogP contribution >= 0.6 is 0 Å². The number of aryl methyl sites for hydroxylation is 1. The number of anilines is 1. The molecule has 0 spiro atoms. The minimum absolute atomic E-state index is 0.970. The summed E-state index contributed by atoms with van der Waals surface area (Å²) in [6, 6.07) is 4.17. The van der Waals surface area contributed by atoms with Gasteiger partial charge in [-0.05, 0) is 0 Å². The number of carbonyl (C=O) groups excluding carboxylic acids is 2. The first-order valence-electron chi connectivity index (χ1n) is 4.80. The maximum atomic E-state index is 9.63. The summed E-state index contributed by atoms with van der Waals surface area (Å²) in [6.07, 6.45) is 4.07. The van der Waals surface area contributed by atoms with E-state index < -0.39 is 11.9 Å². The van der Waals surface area contributed by atoms with E-state index in [-0.39, 0.29) is 0 Å². The first-order chi connectivity index (χ1) is 7.88. The van der Waals surface area contributed by atoms with Crippen LogP contribution in [0.15, 0.2) is 24.5 Å². The Balaban J connectivity index is 0.000000325. The predicted octanol–water partition coefficient (Wildman–Crippen LogP) is -1.51. The van der Waals surface area contributed by atoms with E-state index >= 15 is 0 Å². The van der Waals surface area contributed by atoms with E-state index in [2.05, 4.69) is 21.8 Å². The Hall–Kier alpha value is -2.11. The number of carbonyl (C=O) groups is 2. The third-order valence-corrected chi connectivity index (χ3v) is 1.83. The van der Waals surface area contributed by atoms with Gasteiger partial charge in [0.15, 0.2) is 18.4 Å². The Morgan fingerprint density at radius 3 is 2.00 bits per heavy atom. The molecule has 6 nitrogen and oxygen atoms in total. The van der Waals surface area contributed by atoms with Crippen LogP contribution in [0.5, 0.6) is 0 Å². The van der Waals surface area contributed by atoms with Crippen molar-refractivity contribution in [2.75, 3.05) is 26.1 Å². The molecule has 0 fully saturated rings. The zero-order valence-electron chi connectivity index (χ0n) is 10.3. The molecule has 1 aromatic rings. The predicted molar refractivity (Wildman–Crippen MR) is 59.0 cm³/mol. The number of carboxylic acid groups (broad SMARTS) is 1. The average Bonchev–Trinajstić information content (AvgIpc) is 2.29. The first-order valence-corrected chi connectivity index (χ1v) is 4.80. The average molecular weight is 240 g/mol. The highest BCUT2D eigenvalue weighted by atomic mass is 16.5. The summed E-state index contributed by atoms with van der Waals surface area (Å²) in [4.78, 5) is 21.1. The number of carboxylic acids is 1. The van der Waals surface area contributed by atoms with Crippen LogP contribution in [0.1, 0.15) is 0 Å². The lowest BCUT2D eigenvalue weighted by atomic mass is 10.4. The van der Waals surface area contributed by atoms with Crippen LogP contribution in [-0.4, -0.2) is 33.1 Å². The smallest absolute Gasteiger partial charge is 0.353 e. The molecule has 0 saturated heterocycles. The minimum atomic E-state index is -1.82. The molecular weight excluding hydrogens is 224 g/mol. The van der Waals surface area contributed by atoms with Crippen molar-refractivity contribution >= 4 is 17.6 Å². The molecule has 1 rings (SSSR count). The van der Waals surface area contributed by atoms with Gasteiger partial charge in [0.2, 0.25) is 0 Å². The van der Waals surface area contributed by atoms with Gasteiger partial charge in [-0.3, -0.25) is 0 Å². The number of nitrogens with zero attached hydrogens (tertiary/aromatic N) is 2. The van der Waals surface area contributed by atoms with Crippen molar-refractivity contribution in [2.45, 2.75) is 0 Å². The Labute approximate surface area is 100 Å². The standard InChI is InChI=1S/C8H13N2.C3H4O4/c1-9(2)8-4-6-10(3)7-5-8;1-7-3(6)2(4)5/h4-7H,1-3H3;1H3,(H,4,5)/q+1;/p-1. The molecular formula is C11H16N2O4. The third kappa shape index (κ3) is 6.14. The van der Waals surface area contributed by atoms with Gasteiger partial charge in [0.25, 0.3) is 0 Å². The number of rotatable bonds is 1. The fraction of sp³-hybridized carbons (Fsp3) is 0.364. The lowest BCUT2D eigenvalue weighted by Crippen LogP contribution is -2.32. The third-order valence-electron chi connectivity index (χ3n) is 1.83. The summed E-state index contributed by atoms with van der Waals surface area (Å²) >= 11 is 0. The number of hydrogen-bond acceptors (Lipinski definition) is 5. The molecule has 0 aliphatic rings. The SMILES string of the molecule is CN(C)c1cc[n+](C)cc1.COC(=O)C(=O)[O-]. The molecule has 0 N–H and O–H groups in total. The van der Waals surface area contributed by atoms with Gasteiger partial charge in [-0.1, -0.05) is 0 Å². The van der Waals surface area contributed by atoms with Gasteiger partial charge in [0.1, 0.15) is 7.05 Å². The van der Waals surface area contributed by atoms with Crippen molar-refractivity contribution < 1.29 is 24.0 Å². The number of aliphatic carboxylic acids is 1. The number of pyridine rings is 1. The zero-order chi connectivity index (χ0) is 13.4. The maximum Gasteiger partial charge on any atom is 0.353 e. The summed E-state index contributed by atoms with van der Waals surface area (Å²) in [6.45, 7) is 0. The van der Waals surface area contributed by atoms with Crippen LogP contribution in [0.25, 0.3) is 0 Å². The highest BCUT2D eigenvalue weighted by molar-refractivity contribution is 6.27. The van der Waals surface area contributed by atoms with Crippen molar-refractivity contribution in [3.8, 4) is 0 Å². The van der Waals surface area contributed by atoms with Crippen molar-refractivity contribution in [1.29, 1.82) is 0 Å². The normalized spacial score (nSPS) is 8.71. The second-order valence-electron chi connectivity index (χ2n) is 3.40. The summed E-state index contributed by atoms with van der Waals surface area (Å²) in [5.74, 6) is -3.16. The first kappa shape index (κ1) is 14.9. The van der Waals surface area contributed by atoms with E-state index in [0.717, 1.165) is 7.11 Å². The summed E-state index contributed by atoms with van der Waals surface area (Å²) in [5.41, 5.74) is 1.23. The molecule has 1 aromatic heterocycles. The monoisotopic (exact) mass is 240 g/mol. The molecule has 0 amide bonds. The van der Waals surface area contributed by atoms with Crippen LogP contribution < -0.4 is 14.6 Å². The summed E-state index contributed by atoms with van der Waals surface area (Å²) < 4.78 is 5.73. The van der Waals surface area contributed by atoms with E-state index in [9.17, 15) is 14.7 Å². The molecule has 0 radical (unpaired) electrons. The molecule has 6 heteroatoms. The highest BCUT2D eigenvalue weighted by Gasteiger charge is 1.96. The van der Waals surface area contributed by atoms with Gasteiger partial charge in [-0.2, -0.15) is 0 Å². The molecule has 1 heterocycles. The van der Waals surface area contributed by atoms with Crippen molar-refractivity contribution in [1.82, 2.24) is 0 Å².